The fourth-order valence-electron chi connectivity index (χ4n) is 8.58. The molecule has 0 aromatic heterocycles. The molecule has 0 aliphatic carbocycles. The Morgan fingerprint density at radius 1 is 0.349 bits per heavy atom. The predicted molar refractivity (Wildman–Crippen MR) is 311 cm³/mol. The van der Waals surface area contributed by atoms with E-state index in [1.165, 1.54) is 78.9 Å². The number of anilines is 6. The molecule has 34 heteroatoms. The number of urea groups is 1. The Hall–Kier alpha value is -9.04. The molecule has 0 aliphatic rings. The van der Waals surface area contributed by atoms with E-state index in [1.807, 2.05) is 0 Å². The fraction of sp³-hybridized carbons (Fsp3) is 0.0385. The summed E-state index contributed by atoms with van der Waals surface area (Å²) in [4.78, 5) is 47.5. The van der Waals surface area contributed by atoms with Gasteiger partial charge in [0, 0.05) is 72.4 Å². The highest BCUT2D eigenvalue weighted by atomic mass is 32.2. The molecule has 0 bridgehead atoms. The number of benzene rings is 8. The lowest BCUT2D eigenvalue weighted by molar-refractivity contribution is 0.101. The van der Waals surface area contributed by atoms with E-state index in [0.717, 1.165) is 18.2 Å². The largest absolute Gasteiger partial charge is 0.355 e. The predicted octanol–water partition coefficient (Wildman–Crippen LogP) is 7.57. The normalized spacial score (nSPS) is 12.3. The van der Waals surface area contributed by atoms with Crippen LogP contribution < -0.4 is 31.9 Å². The van der Waals surface area contributed by atoms with Crippen LogP contribution >= 0.6 is 0 Å². The van der Waals surface area contributed by atoms with Crippen molar-refractivity contribution in [1.29, 1.82) is 0 Å². The minimum atomic E-state index is -5.44. The maximum Gasteiger partial charge on any atom is 0.323 e. The van der Waals surface area contributed by atoms with E-state index >= 15 is 0 Å². The number of amides is 5. The van der Waals surface area contributed by atoms with Crippen LogP contribution in [-0.4, -0.2) is 102 Å². The molecular weight excluding hydrogens is 1250 g/mol. The summed E-state index contributed by atoms with van der Waals surface area (Å²) in [6, 6.07) is 24.0. The first-order valence-electron chi connectivity index (χ1n) is 23.7. The van der Waals surface area contributed by atoms with Crippen molar-refractivity contribution in [2.45, 2.75) is 43.2 Å². The van der Waals surface area contributed by atoms with Gasteiger partial charge in [-0.3, -0.25) is 41.7 Å². The summed E-state index contributed by atoms with van der Waals surface area (Å²) >= 11 is 0. The Bertz CT molecular complexity index is 4710. The van der Waals surface area contributed by atoms with E-state index in [4.69, 9.17) is 0 Å². The molecule has 448 valence electrons. The first kappa shape index (κ1) is 63.0. The molecule has 0 fully saturated rings. The van der Waals surface area contributed by atoms with Gasteiger partial charge in [-0.15, -0.1) is 0 Å². The molecule has 0 heterocycles. The van der Waals surface area contributed by atoms with E-state index in [0.29, 0.717) is 41.5 Å². The molecule has 0 aliphatic heterocycles. The molecule has 0 unspecified atom stereocenters. The second-order valence-corrected chi connectivity index (χ2v) is 26.9. The van der Waals surface area contributed by atoms with E-state index in [-0.39, 0.29) is 56.4 Å². The molecular formula is C52H42N6O22S6. The molecule has 0 spiro atoms. The monoisotopic (exact) mass is 1290 g/mol. The highest BCUT2D eigenvalue weighted by Gasteiger charge is 2.30. The zero-order valence-corrected chi connectivity index (χ0v) is 48.5. The van der Waals surface area contributed by atoms with E-state index in [9.17, 15) is 97.0 Å². The Labute approximate surface area is 488 Å². The van der Waals surface area contributed by atoms with E-state index in [1.54, 1.807) is 19.9 Å². The van der Waals surface area contributed by atoms with Crippen LogP contribution in [0.2, 0.25) is 0 Å². The van der Waals surface area contributed by atoms with Crippen LogP contribution in [0.5, 0.6) is 0 Å². The first-order valence-corrected chi connectivity index (χ1v) is 32.4. The van der Waals surface area contributed by atoms with E-state index < -0.39 is 141 Å². The quantitative estimate of drug-likeness (QED) is 0.0391. The van der Waals surface area contributed by atoms with E-state index in [2.05, 4.69) is 38.5 Å². The highest BCUT2D eigenvalue weighted by molar-refractivity contribution is 7.88. The third kappa shape index (κ3) is 14.0. The highest BCUT2D eigenvalue weighted by Crippen LogP contribution is 2.40. The van der Waals surface area contributed by atoms with Gasteiger partial charge in [-0.2, -0.15) is 50.5 Å². The number of hydrogen-bond acceptors (Lipinski definition) is 17. The zero-order chi connectivity index (χ0) is 63.4. The number of carbonyl (C=O) groups excluding carboxylic acids is 4. The zero-order valence-electron chi connectivity index (χ0n) is 43.6. The Balaban J connectivity index is 0.946. The summed E-state index contributed by atoms with van der Waals surface area (Å²) in [5.74, 6) is -2.44. The molecule has 0 radical (unpaired) electrons. The van der Waals surface area contributed by atoms with Gasteiger partial charge in [0.05, 0.1) is 15.5 Å². The number of aryl methyl sites for hydroxylation is 2. The van der Waals surface area contributed by atoms with Gasteiger partial charge in [0.15, 0.2) is 0 Å². The molecule has 8 aromatic carbocycles. The Kier molecular flexibility index (Phi) is 16.9. The van der Waals surface area contributed by atoms with Crippen molar-refractivity contribution in [3.8, 4) is 0 Å². The van der Waals surface area contributed by atoms with Crippen molar-refractivity contribution in [3.05, 3.63) is 173 Å². The van der Waals surface area contributed by atoms with Gasteiger partial charge >= 0.3 is 6.03 Å². The topological polar surface area (TPSA) is 467 Å². The summed E-state index contributed by atoms with van der Waals surface area (Å²) < 4.78 is 207. The van der Waals surface area contributed by atoms with Crippen molar-refractivity contribution in [2.75, 3.05) is 31.9 Å². The van der Waals surface area contributed by atoms with Crippen LogP contribution in [0.25, 0.3) is 27.2 Å². The average molecular weight is 1300 g/mol. The van der Waals surface area contributed by atoms with Crippen LogP contribution in [0.15, 0.2) is 169 Å². The minimum Gasteiger partial charge on any atom is -0.355 e. The number of nitrogens with one attached hydrogen (secondary N) is 6. The SMILES string of the molecule is C=C(Nc1ccc(S(=O)(=O)O)c2cc(S(=O)(=O)O)cc(S(=O)(=O)O)c12)c1ccc(C)c(NC(=O)c2cccc(NC(=O)Nc3cccc(C(=O)Nc4cc(C(=O)Nc5ccc(S(=O)(=O)O)c6cc(S(=O)(=O)O)cc(S(=O)(=O)O)c56)ccc4C)c3)c2)c1. The molecule has 8 rings (SSSR count). The van der Waals surface area contributed by atoms with Crippen LogP contribution in [0, 0.1) is 13.8 Å². The smallest absolute Gasteiger partial charge is 0.323 e. The Morgan fingerprint density at radius 3 is 1.08 bits per heavy atom. The third-order valence-electron chi connectivity index (χ3n) is 12.6. The fourth-order valence-corrected chi connectivity index (χ4v) is 12.7. The van der Waals surface area contributed by atoms with Gasteiger partial charge in [-0.1, -0.05) is 36.9 Å². The molecule has 12 N–H and O–H groups in total. The third-order valence-corrected chi connectivity index (χ3v) is 17.9. The number of fused-ring (bicyclic) bond motifs is 2. The van der Waals surface area contributed by atoms with Gasteiger partial charge < -0.3 is 31.9 Å². The van der Waals surface area contributed by atoms with Crippen LogP contribution in [0.4, 0.5) is 38.9 Å². The second kappa shape index (κ2) is 23.1. The molecule has 28 nitrogen and oxygen atoms in total. The van der Waals surface area contributed by atoms with Gasteiger partial charge in [0.2, 0.25) is 0 Å². The summed E-state index contributed by atoms with van der Waals surface area (Å²) in [6.07, 6.45) is 0. The maximum atomic E-state index is 13.7. The van der Waals surface area contributed by atoms with Crippen molar-refractivity contribution in [1.82, 2.24) is 0 Å². The van der Waals surface area contributed by atoms with Gasteiger partial charge in [-0.05, 0) is 134 Å². The number of carbonyl (C=O) groups is 4. The lowest BCUT2D eigenvalue weighted by Crippen LogP contribution is -2.20. The average Bonchev–Trinajstić information content (AvgIpc) is 1.12. The van der Waals surface area contributed by atoms with Crippen LogP contribution in [0.1, 0.15) is 47.8 Å². The lowest BCUT2D eigenvalue weighted by atomic mass is 10.1. The summed E-state index contributed by atoms with van der Waals surface area (Å²) in [5, 5.41) is 12.7. The van der Waals surface area contributed by atoms with Gasteiger partial charge in [-0.25, -0.2) is 4.79 Å². The molecule has 0 atom stereocenters. The van der Waals surface area contributed by atoms with Crippen molar-refractivity contribution < 1.29 is 97.0 Å². The Morgan fingerprint density at radius 2 is 0.698 bits per heavy atom. The standard InChI is InChI=1S/C52H42N6O22S6/c1-26-10-12-29(28(3)53-39-14-16-43(83(69,70)71)37-22-35(81(63,64)65)24-45(47(37)39)85(75,76)77)20-41(26)57-49(59)30-6-4-8-33(18-30)54-52(62)55-34-9-5-7-31(19-34)50(60)58-42-21-32(13-11-27(42)2)51(61)56-40-15-17-44(84(72,73)74)38-23-36(82(66,67)68)25-46(48(38)40)86(78,79)80/h4-25,53H,3H2,1-2H3,(H,56,61)(H,57,59)(H,58,60)(H2,54,55,62)(H,63,64,65)(H,66,67,68)(H,69,70,71)(H,72,73,74)(H,75,76,77)(H,78,79,80). The van der Waals surface area contributed by atoms with Gasteiger partial charge in [0.25, 0.3) is 78.4 Å². The molecule has 5 amide bonds. The van der Waals surface area contributed by atoms with Gasteiger partial charge in [0.1, 0.15) is 19.6 Å². The molecule has 0 saturated heterocycles. The summed E-state index contributed by atoms with van der Waals surface area (Å²) in [5.41, 5.74) is 0.735. The molecule has 86 heavy (non-hydrogen) atoms. The van der Waals surface area contributed by atoms with Crippen molar-refractivity contribution in [3.63, 3.8) is 0 Å². The summed E-state index contributed by atoms with van der Waals surface area (Å²) in [6.45, 7) is 7.14. The lowest BCUT2D eigenvalue weighted by Gasteiger charge is -2.18. The minimum absolute atomic E-state index is 0.00665. The maximum absolute atomic E-state index is 13.7. The van der Waals surface area contributed by atoms with Crippen LogP contribution in [-0.2, 0) is 60.7 Å². The van der Waals surface area contributed by atoms with Crippen LogP contribution in [0.3, 0.4) is 0 Å². The summed E-state index contributed by atoms with van der Waals surface area (Å²) in [7, 11) is -31.7. The molecule has 0 saturated carbocycles. The molecule has 8 aromatic rings. The van der Waals surface area contributed by atoms with Crippen molar-refractivity contribution >= 4 is 146 Å². The first-order chi connectivity index (χ1) is 39.8. The van der Waals surface area contributed by atoms with Crippen molar-refractivity contribution in [2.24, 2.45) is 0 Å². The second-order valence-electron chi connectivity index (χ2n) is 18.5. The number of rotatable bonds is 17. The number of hydrogen-bond donors (Lipinski definition) is 12.